The molecule has 0 atom stereocenters. The highest BCUT2D eigenvalue weighted by atomic mass is 32.1. The first-order valence-corrected chi connectivity index (χ1v) is 6.60. The van der Waals surface area contributed by atoms with Crippen LogP contribution in [0.2, 0.25) is 0 Å². The van der Waals surface area contributed by atoms with Gasteiger partial charge in [0.2, 0.25) is 4.96 Å². The topological polar surface area (TPSA) is 55.1 Å². The SMILES string of the molecule is Cc1ccccc1NCCc1nn2cnnc2s1. The molecule has 18 heavy (non-hydrogen) atoms. The van der Waals surface area contributed by atoms with Crippen molar-refractivity contribution in [3.8, 4) is 0 Å². The Morgan fingerprint density at radius 1 is 1.33 bits per heavy atom. The molecular formula is C12H13N5S. The minimum Gasteiger partial charge on any atom is -0.384 e. The molecule has 0 aliphatic heterocycles. The van der Waals surface area contributed by atoms with E-state index in [1.807, 2.05) is 12.1 Å². The number of rotatable bonds is 4. The number of hydrogen-bond acceptors (Lipinski definition) is 5. The van der Waals surface area contributed by atoms with Crippen molar-refractivity contribution in [3.05, 3.63) is 41.2 Å². The van der Waals surface area contributed by atoms with Crippen molar-refractivity contribution in [1.29, 1.82) is 0 Å². The number of hydrogen-bond donors (Lipinski definition) is 1. The van der Waals surface area contributed by atoms with Crippen LogP contribution in [0.1, 0.15) is 10.6 Å². The van der Waals surface area contributed by atoms with E-state index < -0.39 is 0 Å². The predicted octanol–water partition coefficient (Wildman–Crippen LogP) is 2.15. The van der Waals surface area contributed by atoms with Gasteiger partial charge in [-0.2, -0.15) is 9.61 Å². The molecule has 2 aromatic heterocycles. The van der Waals surface area contributed by atoms with Crippen LogP contribution >= 0.6 is 11.3 Å². The molecule has 1 aromatic carbocycles. The summed E-state index contributed by atoms with van der Waals surface area (Å²) < 4.78 is 1.72. The normalized spacial score (nSPS) is 10.9. The number of nitrogens with one attached hydrogen (secondary N) is 1. The summed E-state index contributed by atoms with van der Waals surface area (Å²) in [5.74, 6) is 0. The Labute approximate surface area is 108 Å². The molecule has 6 heteroatoms. The van der Waals surface area contributed by atoms with Crippen LogP contribution in [0.3, 0.4) is 0 Å². The summed E-state index contributed by atoms with van der Waals surface area (Å²) in [5.41, 5.74) is 2.44. The van der Waals surface area contributed by atoms with Crippen molar-refractivity contribution in [1.82, 2.24) is 19.8 Å². The van der Waals surface area contributed by atoms with E-state index >= 15 is 0 Å². The molecule has 0 aliphatic carbocycles. The van der Waals surface area contributed by atoms with E-state index in [4.69, 9.17) is 0 Å². The van der Waals surface area contributed by atoms with Crippen molar-refractivity contribution in [2.45, 2.75) is 13.3 Å². The molecule has 0 radical (unpaired) electrons. The first-order chi connectivity index (χ1) is 8.83. The molecule has 1 N–H and O–H groups in total. The molecule has 0 saturated carbocycles. The highest BCUT2D eigenvalue weighted by Crippen LogP contribution is 2.15. The van der Waals surface area contributed by atoms with E-state index in [0.29, 0.717) is 0 Å². The Kier molecular flexibility index (Phi) is 2.93. The quantitative estimate of drug-likeness (QED) is 0.780. The Balaban J connectivity index is 1.62. The maximum atomic E-state index is 4.40. The maximum Gasteiger partial charge on any atom is 0.234 e. The molecule has 0 amide bonds. The van der Waals surface area contributed by atoms with Crippen LogP contribution in [-0.2, 0) is 6.42 Å². The Bertz CT molecular complexity index is 629. The molecule has 0 bridgehead atoms. The summed E-state index contributed by atoms with van der Waals surface area (Å²) in [6.45, 7) is 2.97. The number of anilines is 1. The van der Waals surface area contributed by atoms with Gasteiger partial charge in [0, 0.05) is 18.7 Å². The molecule has 0 saturated heterocycles. The van der Waals surface area contributed by atoms with Crippen LogP contribution in [0, 0.1) is 6.92 Å². The molecule has 5 nitrogen and oxygen atoms in total. The second kappa shape index (κ2) is 4.73. The van der Waals surface area contributed by atoms with E-state index in [1.54, 1.807) is 22.2 Å². The molecule has 0 aliphatic rings. The van der Waals surface area contributed by atoms with Gasteiger partial charge in [-0.25, -0.2) is 0 Å². The van der Waals surface area contributed by atoms with E-state index in [1.165, 1.54) is 11.3 Å². The number of para-hydroxylation sites is 1. The lowest BCUT2D eigenvalue weighted by Crippen LogP contribution is -2.05. The third-order valence-corrected chi connectivity index (χ3v) is 3.70. The zero-order chi connectivity index (χ0) is 12.4. The molecule has 2 heterocycles. The molecule has 0 fully saturated rings. The molecule has 92 valence electrons. The molecule has 3 aromatic rings. The highest BCUT2D eigenvalue weighted by molar-refractivity contribution is 7.16. The van der Waals surface area contributed by atoms with Gasteiger partial charge in [0.1, 0.15) is 11.3 Å². The summed E-state index contributed by atoms with van der Waals surface area (Å²) in [7, 11) is 0. The van der Waals surface area contributed by atoms with Gasteiger partial charge in [0.05, 0.1) is 0 Å². The fourth-order valence-electron chi connectivity index (χ4n) is 1.78. The number of benzene rings is 1. The summed E-state index contributed by atoms with van der Waals surface area (Å²) in [6, 6.07) is 8.28. The van der Waals surface area contributed by atoms with Crippen molar-refractivity contribution in [3.63, 3.8) is 0 Å². The lowest BCUT2D eigenvalue weighted by atomic mass is 10.2. The number of aryl methyl sites for hydroxylation is 1. The zero-order valence-corrected chi connectivity index (χ0v) is 10.8. The molecule has 3 rings (SSSR count). The average molecular weight is 259 g/mol. The summed E-state index contributed by atoms with van der Waals surface area (Å²) >= 11 is 1.58. The number of aromatic nitrogens is 4. The first kappa shape index (κ1) is 11.2. The Hall–Kier alpha value is -1.95. The monoisotopic (exact) mass is 259 g/mol. The number of nitrogens with zero attached hydrogens (tertiary/aromatic N) is 4. The molecule has 0 spiro atoms. The van der Waals surface area contributed by atoms with Crippen molar-refractivity contribution in [2.24, 2.45) is 0 Å². The predicted molar refractivity (Wildman–Crippen MR) is 72.0 cm³/mol. The largest absolute Gasteiger partial charge is 0.384 e. The van der Waals surface area contributed by atoms with Gasteiger partial charge in [-0.3, -0.25) is 0 Å². The van der Waals surface area contributed by atoms with Gasteiger partial charge in [-0.05, 0) is 18.6 Å². The second-order valence-electron chi connectivity index (χ2n) is 4.05. The van der Waals surface area contributed by atoms with Crippen molar-refractivity contribution in [2.75, 3.05) is 11.9 Å². The standard InChI is InChI=1S/C12H13N5S/c1-9-4-2-3-5-10(9)13-7-6-11-16-17-8-14-15-12(17)18-11/h2-5,8,13H,6-7H2,1H3. The van der Waals surface area contributed by atoms with Crippen LogP contribution in [0.4, 0.5) is 5.69 Å². The Morgan fingerprint density at radius 3 is 3.06 bits per heavy atom. The summed E-state index contributed by atoms with van der Waals surface area (Å²) in [6.07, 6.45) is 2.52. The van der Waals surface area contributed by atoms with Gasteiger partial charge in [0.25, 0.3) is 0 Å². The summed E-state index contributed by atoms with van der Waals surface area (Å²) in [5, 5.41) is 16.6. The van der Waals surface area contributed by atoms with Crippen molar-refractivity contribution >= 4 is 22.0 Å². The lowest BCUT2D eigenvalue weighted by molar-refractivity contribution is 0.880. The fraction of sp³-hybridized carbons (Fsp3) is 0.250. The van der Waals surface area contributed by atoms with E-state index in [-0.39, 0.29) is 0 Å². The minimum absolute atomic E-state index is 0.848. The highest BCUT2D eigenvalue weighted by Gasteiger charge is 2.04. The lowest BCUT2D eigenvalue weighted by Gasteiger charge is -2.07. The number of fused-ring (bicyclic) bond motifs is 1. The van der Waals surface area contributed by atoms with Gasteiger partial charge in [0.15, 0.2) is 0 Å². The third-order valence-electron chi connectivity index (χ3n) is 2.73. The van der Waals surface area contributed by atoms with E-state index in [0.717, 1.165) is 22.9 Å². The summed E-state index contributed by atoms with van der Waals surface area (Å²) in [4.78, 5) is 0.848. The second-order valence-corrected chi connectivity index (χ2v) is 5.09. The molecule has 0 unspecified atom stereocenters. The molecular weight excluding hydrogens is 246 g/mol. The van der Waals surface area contributed by atoms with Crippen LogP contribution in [0.5, 0.6) is 0 Å². The average Bonchev–Trinajstić information content (AvgIpc) is 2.92. The van der Waals surface area contributed by atoms with Gasteiger partial charge >= 0.3 is 0 Å². The zero-order valence-electron chi connectivity index (χ0n) is 10.00. The van der Waals surface area contributed by atoms with Crippen molar-refractivity contribution < 1.29 is 0 Å². The van der Waals surface area contributed by atoms with E-state index in [9.17, 15) is 0 Å². The van der Waals surface area contributed by atoms with Crippen LogP contribution < -0.4 is 5.32 Å². The van der Waals surface area contributed by atoms with Gasteiger partial charge in [-0.1, -0.05) is 29.5 Å². The van der Waals surface area contributed by atoms with Crippen LogP contribution in [0.15, 0.2) is 30.6 Å². The van der Waals surface area contributed by atoms with Crippen LogP contribution in [-0.4, -0.2) is 26.4 Å². The third kappa shape index (κ3) is 2.19. The maximum absolute atomic E-state index is 4.40. The fourth-order valence-corrected chi connectivity index (χ4v) is 2.59. The van der Waals surface area contributed by atoms with Crippen LogP contribution in [0.25, 0.3) is 4.96 Å². The smallest absolute Gasteiger partial charge is 0.234 e. The van der Waals surface area contributed by atoms with Gasteiger partial charge < -0.3 is 5.32 Å². The Morgan fingerprint density at radius 2 is 2.22 bits per heavy atom. The minimum atomic E-state index is 0.848. The van der Waals surface area contributed by atoms with E-state index in [2.05, 4.69) is 39.7 Å². The first-order valence-electron chi connectivity index (χ1n) is 5.78. The van der Waals surface area contributed by atoms with Gasteiger partial charge in [-0.15, -0.1) is 10.2 Å².